The molecule has 0 bridgehead atoms. The van der Waals surface area contributed by atoms with E-state index < -0.39 is 10.1 Å². The second-order valence-corrected chi connectivity index (χ2v) is 6.37. The van der Waals surface area contributed by atoms with E-state index in [9.17, 15) is 8.42 Å². The second-order valence-electron chi connectivity index (χ2n) is 4.98. The molecule has 0 unspecified atom stereocenters. The predicted molar refractivity (Wildman–Crippen MR) is 71.0 cm³/mol. The number of aryl methyl sites for hydroxylation is 1. The van der Waals surface area contributed by atoms with Crippen molar-refractivity contribution in [2.45, 2.75) is 11.8 Å². The molecule has 104 valence electrons. The maximum absolute atomic E-state index is 10.6. The molecule has 0 spiro atoms. The fourth-order valence-corrected chi connectivity index (χ4v) is 1.87. The predicted octanol–water partition coefficient (Wildman–Crippen LogP) is 0.927. The molecule has 0 radical (unpaired) electrons. The highest BCUT2D eigenvalue weighted by atomic mass is 32.2. The van der Waals surface area contributed by atoms with Gasteiger partial charge in [0.15, 0.2) is 0 Å². The van der Waals surface area contributed by atoms with Crippen LogP contribution in [0.1, 0.15) is 5.56 Å². The number of hydrogen-bond donors (Lipinski definition) is 2. The highest BCUT2D eigenvalue weighted by Crippen LogP contribution is 2.12. The molecule has 2 N–H and O–H groups in total. The van der Waals surface area contributed by atoms with Crippen LogP contribution < -0.4 is 0 Å². The Kier molecular flexibility index (Phi) is 6.48. The third-order valence-corrected chi connectivity index (χ3v) is 3.16. The van der Waals surface area contributed by atoms with Gasteiger partial charge in [-0.2, -0.15) is 8.42 Å². The molecule has 0 heterocycles. The van der Waals surface area contributed by atoms with Gasteiger partial charge in [-0.1, -0.05) is 18.2 Å². The molecule has 0 atom stereocenters. The number of nitrogens with zero attached hydrogens (tertiary/aromatic N) is 1. The molecular weight excluding hydrogens is 254 g/mol. The molecule has 0 saturated heterocycles. The van der Waals surface area contributed by atoms with Gasteiger partial charge in [0.25, 0.3) is 10.1 Å². The minimum atomic E-state index is -4.03. The zero-order chi connectivity index (χ0) is 14.4. The van der Waals surface area contributed by atoms with Crippen molar-refractivity contribution in [3.05, 3.63) is 29.8 Å². The Bertz CT molecular complexity index is 463. The first-order valence-electron chi connectivity index (χ1n) is 5.52. The quantitative estimate of drug-likeness (QED) is 0.636. The summed E-state index contributed by atoms with van der Waals surface area (Å²) in [6, 6.07) is 6.27. The highest BCUT2D eigenvalue weighted by Gasteiger charge is 2.10. The molecule has 1 aromatic carbocycles. The van der Waals surface area contributed by atoms with E-state index in [1.54, 1.807) is 25.1 Å². The van der Waals surface area contributed by atoms with Crippen LogP contribution >= 0.6 is 0 Å². The Morgan fingerprint density at radius 2 is 1.67 bits per heavy atom. The summed E-state index contributed by atoms with van der Waals surface area (Å²) in [5.74, 6) is 0. The van der Waals surface area contributed by atoms with Gasteiger partial charge < -0.3 is 9.59 Å². The van der Waals surface area contributed by atoms with Crippen molar-refractivity contribution in [3.63, 3.8) is 0 Å². The number of aliphatic hydroxyl groups is 1. The maximum Gasteiger partial charge on any atom is 0.294 e. The summed E-state index contributed by atoms with van der Waals surface area (Å²) < 4.78 is 30.7. The third-order valence-electron chi connectivity index (χ3n) is 2.14. The summed E-state index contributed by atoms with van der Waals surface area (Å²) in [5, 5.41) is 8.39. The lowest BCUT2D eigenvalue weighted by molar-refractivity contribution is -0.870. The van der Waals surface area contributed by atoms with Crippen LogP contribution in [-0.2, 0) is 10.1 Å². The fourth-order valence-electron chi connectivity index (χ4n) is 1.15. The highest BCUT2D eigenvalue weighted by molar-refractivity contribution is 7.85. The molecule has 1 aromatic rings. The van der Waals surface area contributed by atoms with E-state index >= 15 is 0 Å². The van der Waals surface area contributed by atoms with Crippen molar-refractivity contribution in [1.82, 2.24) is 0 Å². The lowest BCUT2D eigenvalue weighted by Gasteiger charge is -2.21. The normalized spacial score (nSPS) is 11.7. The van der Waals surface area contributed by atoms with Gasteiger partial charge in [0, 0.05) is 0 Å². The van der Waals surface area contributed by atoms with Gasteiger partial charge in [0.2, 0.25) is 0 Å². The van der Waals surface area contributed by atoms with Crippen LogP contribution in [0.3, 0.4) is 0 Å². The monoisotopic (exact) mass is 276 g/mol. The van der Waals surface area contributed by atoms with E-state index in [0.717, 1.165) is 11.0 Å². The Hall–Kier alpha value is -0.950. The SMILES string of the molecule is C[N+](C)(C)CCO.Cc1ccccc1S(=O)(=O)O. The van der Waals surface area contributed by atoms with Crippen molar-refractivity contribution in [2.75, 3.05) is 34.3 Å². The van der Waals surface area contributed by atoms with Crippen molar-refractivity contribution in [3.8, 4) is 0 Å². The zero-order valence-corrected chi connectivity index (χ0v) is 12.1. The van der Waals surface area contributed by atoms with Crippen molar-refractivity contribution >= 4 is 10.1 Å². The minimum absolute atomic E-state index is 0.0278. The number of aliphatic hydroxyl groups excluding tert-OH is 1. The summed E-state index contributed by atoms with van der Waals surface area (Å²) in [6.07, 6.45) is 0. The van der Waals surface area contributed by atoms with Crippen LogP contribution in [0.5, 0.6) is 0 Å². The molecule has 0 aliphatic carbocycles. The van der Waals surface area contributed by atoms with Gasteiger partial charge in [-0.3, -0.25) is 4.55 Å². The van der Waals surface area contributed by atoms with Crippen LogP contribution in [-0.4, -0.2) is 56.9 Å². The Morgan fingerprint density at radius 1 is 1.17 bits per heavy atom. The van der Waals surface area contributed by atoms with E-state index in [-0.39, 0.29) is 11.5 Å². The van der Waals surface area contributed by atoms with Crippen LogP contribution in [0.15, 0.2) is 29.2 Å². The Morgan fingerprint density at radius 3 is 1.89 bits per heavy atom. The van der Waals surface area contributed by atoms with E-state index in [2.05, 4.69) is 21.1 Å². The average molecular weight is 276 g/mol. The van der Waals surface area contributed by atoms with Crippen molar-refractivity contribution in [2.24, 2.45) is 0 Å². The number of hydrogen-bond acceptors (Lipinski definition) is 3. The van der Waals surface area contributed by atoms with E-state index in [0.29, 0.717) is 5.56 Å². The molecule has 0 aromatic heterocycles. The first-order chi connectivity index (χ1) is 8.08. The summed E-state index contributed by atoms with van der Waals surface area (Å²) in [6.45, 7) is 2.74. The Labute approximate surface area is 109 Å². The first kappa shape index (κ1) is 17.1. The van der Waals surface area contributed by atoms with Gasteiger partial charge in [-0.25, -0.2) is 0 Å². The van der Waals surface area contributed by atoms with Gasteiger partial charge in [0.05, 0.1) is 32.6 Å². The van der Waals surface area contributed by atoms with Crippen LogP contribution in [0.4, 0.5) is 0 Å². The molecule has 6 heteroatoms. The average Bonchev–Trinajstić information content (AvgIpc) is 2.15. The van der Waals surface area contributed by atoms with Gasteiger partial charge in [-0.15, -0.1) is 0 Å². The largest absolute Gasteiger partial charge is 0.391 e. The Balaban J connectivity index is 0.000000360. The van der Waals surface area contributed by atoms with E-state index in [4.69, 9.17) is 9.66 Å². The number of benzene rings is 1. The maximum atomic E-state index is 10.6. The fraction of sp³-hybridized carbons (Fsp3) is 0.500. The first-order valence-corrected chi connectivity index (χ1v) is 6.96. The molecule has 5 nitrogen and oxygen atoms in total. The smallest absolute Gasteiger partial charge is 0.294 e. The molecule has 0 fully saturated rings. The zero-order valence-electron chi connectivity index (χ0n) is 11.3. The molecule has 0 saturated carbocycles. The molecular formula is C12H22NO4S+. The topological polar surface area (TPSA) is 74.6 Å². The van der Waals surface area contributed by atoms with Crippen LogP contribution in [0.2, 0.25) is 0 Å². The molecule has 0 aliphatic heterocycles. The van der Waals surface area contributed by atoms with Gasteiger partial charge in [-0.05, 0) is 18.6 Å². The van der Waals surface area contributed by atoms with Crippen LogP contribution in [0, 0.1) is 6.92 Å². The number of likely N-dealkylation sites (N-methyl/N-ethyl adjacent to an activating group) is 1. The molecule has 0 amide bonds. The minimum Gasteiger partial charge on any atom is -0.391 e. The lowest BCUT2D eigenvalue weighted by Crippen LogP contribution is -2.36. The molecule has 1 rings (SSSR count). The number of rotatable bonds is 3. The summed E-state index contributed by atoms with van der Waals surface area (Å²) in [4.78, 5) is -0.0278. The van der Waals surface area contributed by atoms with Crippen LogP contribution in [0.25, 0.3) is 0 Å². The van der Waals surface area contributed by atoms with Crippen molar-refractivity contribution < 1.29 is 22.6 Å². The summed E-state index contributed by atoms with van der Waals surface area (Å²) in [7, 11) is 2.12. The van der Waals surface area contributed by atoms with E-state index in [1.807, 2.05) is 0 Å². The standard InChI is InChI=1S/C7H8O3S.C5H14NO/c1-6-4-2-3-5-7(6)11(8,9)10;1-6(2,3)4-5-7/h2-5H,1H3,(H,8,9,10);7H,4-5H2,1-3H3/q;+1. The van der Waals surface area contributed by atoms with E-state index in [1.165, 1.54) is 6.07 Å². The van der Waals surface area contributed by atoms with Crippen molar-refractivity contribution in [1.29, 1.82) is 0 Å². The molecule has 18 heavy (non-hydrogen) atoms. The third kappa shape index (κ3) is 7.39. The second kappa shape index (κ2) is 6.84. The van der Waals surface area contributed by atoms with Gasteiger partial charge >= 0.3 is 0 Å². The van der Waals surface area contributed by atoms with Gasteiger partial charge in [0.1, 0.15) is 6.54 Å². The lowest BCUT2D eigenvalue weighted by atomic mass is 10.2. The summed E-state index contributed by atoms with van der Waals surface area (Å²) in [5.41, 5.74) is 0.551. The molecule has 0 aliphatic rings. The number of quaternary nitrogens is 1. The summed E-state index contributed by atoms with van der Waals surface area (Å²) >= 11 is 0.